The van der Waals surface area contributed by atoms with Gasteiger partial charge in [0.2, 0.25) is 0 Å². The van der Waals surface area contributed by atoms with Gasteiger partial charge in [0.25, 0.3) is 0 Å². The van der Waals surface area contributed by atoms with Gasteiger partial charge in [-0.3, -0.25) is 0 Å². The number of carbonyl (C=O) groups excluding carboxylic acids is 1. The maximum absolute atomic E-state index is 11.4. The highest BCUT2D eigenvalue weighted by Gasteiger charge is 2.08. The molecule has 0 unspecified atom stereocenters. The van der Waals surface area contributed by atoms with Gasteiger partial charge in [-0.15, -0.1) is 0 Å². The van der Waals surface area contributed by atoms with Gasteiger partial charge in [-0.25, -0.2) is 4.79 Å². The molecule has 0 aliphatic rings. The van der Waals surface area contributed by atoms with E-state index < -0.39 is 5.97 Å². The lowest BCUT2D eigenvalue weighted by molar-refractivity contribution is -0.146. The third kappa shape index (κ3) is 5.44. The number of unbranched alkanes of at least 4 members (excludes halogenated alkanes) is 1. The number of hydrogen-bond acceptors (Lipinski definition) is 5. The standard InChI is InChI=1S/C14H19NO4S/c1-3-4-5-18-13(16)9-19-12-7-10(14(15)20)6-11(8-12)17-2/h6-8H,3-5,9H2,1-2H3,(H2,15,20). The molecule has 2 N–H and O–H groups in total. The third-order valence-corrected chi connectivity index (χ3v) is 2.75. The molecule has 5 nitrogen and oxygen atoms in total. The van der Waals surface area contributed by atoms with E-state index in [1.54, 1.807) is 18.2 Å². The van der Waals surface area contributed by atoms with E-state index in [1.807, 2.05) is 6.92 Å². The van der Waals surface area contributed by atoms with Crippen LogP contribution in [0.1, 0.15) is 25.3 Å². The Kier molecular flexibility index (Phi) is 6.79. The van der Waals surface area contributed by atoms with Gasteiger partial charge in [0.05, 0.1) is 13.7 Å². The first-order chi connectivity index (χ1) is 9.56. The second-order valence-electron chi connectivity index (χ2n) is 4.12. The summed E-state index contributed by atoms with van der Waals surface area (Å²) in [6.45, 7) is 2.28. The van der Waals surface area contributed by atoms with Crippen molar-refractivity contribution in [1.82, 2.24) is 0 Å². The monoisotopic (exact) mass is 297 g/mol. The van der Waals surface area contributed by atoms with Crippen LogP contribution in [0.3, 0.4) is 0 Å². The number of nitrogens with two attached hydrogens (primary N) is 1. The number of benzene rings is 1. The fraction of sp³-hybridized carbons (Fsp3) is 0.429. The normalized spacial score (nSPS) is 9.90. The fourth-order valence-corrected chi connectivity index (χ4v) is 1.55. The highest BCUT2D eigenvalue weighted by Crippen LogP contribution is 2.22. The van der Waals surface area contributed by atoms with E-state index in [4.69, 9.17) is 32.2 Å². The molecule has 0 aliphatic heterocycles. The van der Waals surface area contributed by atoms with Crippen molar-refractivity contribution in [3.63, 3.8) is 0 Å². The van der Waals surface area contributed by atoms with Crippen LogP contribution in [0, 0.1) is 0 Å². The largest absolute Gasteiger partial charge is 0.497 e. The molecule has 0 aromatic heterocycles. The summed E-state index contributed by atoms with van der Waals surface area (Å²) in [5, 5.41) is 0. The maximum Gasteiger partial charge on any atom is 0.344 e. The van der Waals surface area contributed by atoms with E-state index in [2.05, 4.69) is 0 Å². The highest BCUT2D eigenvalue weighted by atomic mass is 32.1. The Labute approximate surface area is 124 Å². The molecule has 0 fully saturated rings. The zero-order valence-corrected chi connectivity index (χ0v) is 12.5. The topological polar surface area (TPSA) is 70.8 Å². The molecular formula is C14H19NO4S. The summed E-state index contributed by atoms with van der Waals surface area (Å²) in [5.74, 6) is 0.613. The lowest BCUT2D eigenvalue weighted by Gasteiger charge is -2.10. The Balaban J connectivity index is 2.60. The van der Waals surface area contributed by atoms with Crippen molar-refractivity contribution in [1.29, 1.82) is 0 Å². The third-order valence-electron chi connectivity index (χ3n) is 2.52. The minimum atomic E-state index is -0.404. The second kappa shape index (κ2) is 8.37. The predicted octanol–water partition coefficient (Wildman–Crippen LogP) is 2.05. The van der Waals surface area contributed by atoms with Crippen molar-refractivity contribution in [2.45, 2.75) is 19.8 Å². The molecule has 0 amide bonds. The number of carbonyl (C=O) groups is 1. The molecule has 20 heavy (non-hydrogen) atoms. The van der Waals surface area contributed by atoms with E-state index in [0.717, 1.165) is 12.8 Å². The van der Waals surface area contributed by atoms with Gasteiger partial charge in [0.1, 0.15) is 16.5 Å². The molecule has 1 rings (SSSR count). The van der Waals surface area contributed by atoms with Crippen LogP contribution in [-0.2, 0) is 9.53 Å². The number of esters is 1. The summed E-state index contributed by atoms with van der Waals surface area (Å²) in [5.41, 5.74) is 6.19. The summed E-state index contributed by atoms with van der Waals surface area (Å²) >= 11 is 4.91. The van der Waals surface area contributed by atoms with Crippen LogP contribution < -0.4 is 15.2 Å². The molecule has 110 valence electrons. The summed E-state index contributed by atoms with van der Waals surface area (Å²) in [7, 11) is 1.53. The molecule has 0 radical (unpaired) electrons. The predicted molar refractivity (Wildman–Crippen MR) is 80.2 cm³/mol. The van der Waals surface area contributed by atoms with E-state index in [-0.39, 0.29) is 11.6 Å². The van der Waals surface area contributed by atoms with Crippen LogP contribution >= 0.6 is 12.2 Å². The minimum Gasteiger partial charge on any atom is -0.497 e. The van der Waals surface area contributed by atoms with Crippen LogP contribution in [0.25, 0.3) is 0 Å². The molecule has 0 heterocycles. The molecule has 0 saturated carbocycles. The Morgan fingerprint density at radius 2 is 2.00 bits per heavy atom. The van der Waals surface area contributed by atoms with Crippen LogP contribution in [0.5, 0.6) is 11.5 Å². The van der Waals surface area contributed by atoms with E-state index in [0.29, 0.717) is 23.7 Å². The molecular weight excluding hydrogens is 278 g/mol. The highest BCUT2D eigenvalue weighted by molar-refractivity contribution is 7.80. The van der Waals surface area contributed by atoms with Gasteiger partial charge in [0, 0.05) is 11.6 Å². The van der Waals surface area contributed by atoms with E-state index in [9.17, 15) is 4.79 Å². The molecule has 0 spiro atoms. The van der Waals surface area contributed by atoms with Crippen molar-refractivity contribution >= 4 is 23.2 Å². The maximum atomic E-state index is 11.4. The van der Waals surface area contributed by atoms with Crippen LogP contribution in [-0.4, -0.2) is 31.3 Å². The van der Waals surface area contributed by atoms with Gasteiger partial charge in [-0.1, -0.05) is 25.6 Å². The first kappa shape index (κ1) is 16.2. The van der Waals surface area contributed by atoms with Gasteiger partial charge < -0.3 is 19.9 Å². The first-order valence-electron chi connectivity index (χ1n) is 6.34. The Morgan fingerprint density at radius 3 is 2.60 bits per heavy atom. The number of ether oxygens (including phenoxy) is 3. The average molecular weight is 297 g/mol. The average Bonchev–Trinajstić information content (AvgIpc) is 2.45. The molecule has 1 aromatic carbocycles. The first-order valence-corrected chi connectivity index (χ1v) is 6.75. The van der Waals surface area contributed by atoms with Crippen molar-refractivity contribution in [2.75, 3.05) is 20.3 Å². The summed E-state index contributed by atoms with van der Waals surface area (Å²) in [4.78, 5) is 11.7. The van der Waals surface area contributed by atoms with Gasteiger partial charge in [-0.05, 0) is 18.6 Å². The van der Waals surface area contributed by atoms with Crippen molar-refractivity contribution < 1.29 is 19.0 Å². The van der Waals surface area contributed by atoms with E-state index in [1.165, 1.54) is 7.11 Å². The van der Waals surface area contributed by atoms with Crippen molar-refractivity contribution in [3.05, 3.63) is 23.8 Å². The molecule has 0 saturated heterocycles. The molecule has 0 bridgehead atoms. The smallest absolute Gasteiger partial charge is 0.344 e. The Morgan fingerprint density at radius 1 is 1.30 bits per heavy atom. The van der Waals surface area contributed by atoms with E-state index >= 15 is 0 Å². The second-order valence-corrected chi connectivity index (χ2v) is 4.56. The summed E-state index contributed by atoms with van der Waals surface area (Å²) < 4.78 is 15.5. The molecule has 6 heteroatoms. The van der Waals surface area contributed by atoms with Crippen molar-refractivity contribution in [2.24, 2.45) is 5.73 Å². The number of rotatable bonds is 8. The molecule has 1 aromatic rings. The number of methoxy groups -OCH3 is 1. The summed E-state index contributed by atoms with van der Waals surface area (Å²) in [6.07, 6.45) is 1.82. The number of hydrogen-bond donors (Lipinski definition) is 1. The lowest BCUT2D eigenvalue weighted by Crippen LogP contribution is -2.16. The van der Waals surface area contributed by atoms with Gasteiger partial charge >= 0.3 is 5.97 Å². The van der Waals surface area contributed by atoms with Crippen LogP contribution in [0.15, 0.2) is 18.2 Å². The van der Waals surface area contributed by atoms with Gasteiger partial charge in [0.15, 0.2) is 6.61 Å². The SMILES string of the molecule is CCCCOC(=O)COc1cc(OC)cc(C(N)=S)c1. The van der Waals surface area contributed by atoms with Gasteiger partial charge in [-0.2, -0.15) is 0 Å². The van der Waals surface area contributed by atoms with Crippen LogP contribution in [0.2, 0.25) is 0 Å². The molecule has 0 atom stereocenters. The minimum absolute atomic E-state index is 0.159. The summed E-state index contributed by atoms with van der Waals surface area (Å²) in [6, 6.07) is 5.01. The Bertz CT molecular complexity index is 476. The zero-order chi connectivity index (χ0) is 15.0. The molecule has 0 aliphatic carbocycles. The number of thiocarbonyl (C=S) groups is 1. The Hall–Kier alpha value is -1.82. The fourth-order valence-electron chi connectivity index (χ4n) is 1.43. The van der Waals surface area contributed by atoms with Crippen molar-refractivity contribution in [3.8, 4) is 11.5 Å². The lowest BCUT2D eigenvalue weighted by atomic mass is 10.2. The zero-order valence-electron chi connectivity index (χ0n) is 11.7. The quantitative estimate of drug-likeness (QED) is 0.450. The van der Waals surface area contributed by atoms with Crippen LogP contribution in [0.4, 0.5) is 0 Å².